The van der Waals surface area contributed by atoms with Crippen molar-refractivity contribution >= 4 is 30.9 Å². The first kappa shape index (κ1) is 19.7. The van der Waals surface area contributed by atoms with Crippen LogP contribution in [0.2, 0.25) is 18.1 Å². The molecule has 0 aliphatic carbocycles. The lowest BCUT2D eigenvalue weighted by Crippen LogP contribution is -2.57. The summed E-state index contributed by atoms with van der Waals surface area (Å²) >= 11 is 2.29. The molecule has 0 aromatic carbocycles. The van der Waals surface area contributed by atoms with Crippen molar-refractivity contribution in [2.24, 2.45) is 11.8 Å². The molecule has 2 nitrogen and oxygen atoms in total. The van der Waals surface area contributed by atoms with Crippen LogP contribution in [0.4, 0.5) is 0 Å². The molecular formula is C19H33IO2Si. The van der Waals surface area contributed by atoms with Gasteiger partial charge in [0.1, 0.15) is 0 Å². The third kappa shape index (κ3) is 3.80. The number of rotatable bonds is 5. The van der Waals surface area contributed by atoms with Gasteiger partial charge in [-0.05, 0) is 35.1 Å². The van der Waals surface area contributed by atoms with E-state index in [1.54, 1.807) is 0 Å². The average Bonchev–Trinajstić information content (AvgIpc) is 2.84. The van der Waals surface area contributed by atoms with Gasteiger partial charge in [-0.15, -0.1) is 0 Å². The van der Waals surface area contributed by atoms with E-state index in [1.807, 2.05) is 0 Å². The van der Waals surface area contributed by atoms with Crippen molar-refractivity contribution in [3.8, 4) is 0 Å². The van der Waals surface area contributed by atoms with Crippen molar-refractivity contribution in [2.75, 3.05) is 0 Å². The summed E-state index contributed by atoms with van der Waals surface area (Å²) in [7, 11) is -1.78. The van der Waals surface area contributed by atoms with Gasteiger partial charge in [0.15, 0.2) is 8.32 Å². The lowest BCUT2D eigenvalue weighted by atomic mass is 9.76. The van der Waals surface area contributed by atoms with Gasteiger partial charge in [-0.1, -0.05) is 75.4 Å². The van der Waals surface area contributed by atoms with Gasteiger partial charge in [0.25, 0.3) is 0 Å². The van der Waals surface area contributed by atoms with E-state index in [4.69, 9.17) is 9.16 Å². The van der Waals surface area contributed by atoms with E-state index in [9.17, 15) is 0 Å². The molecule has 132 valence electrons. The van der Waals surface area contributed by atoms with Gasteiger partial charge >= 0.3 is 0 Å². The zero-order valence-corrected chi connectivity index (χ0v) is 18.9. The smallest absolute Gasteiger partial charge is 0.192 e. The molecule has 2 rings (SSSR count). The Hall–Kier alpha value is 0.347. The van der Waals surface area contributed by atoms with E-state index >= 15 is 0 Å². The summed E-state index contributed by atoms with van der Waals surface area (Å²) in [6.07, 6.45) is 9.45. The van der Waals surface area contributed by atoms with Gasteiger partial charge in [-0.25, -0.2) is 0 Å². The zero-order chi connectivity index (χ0) is 17.5. The fourth-order valence-electron chi connectivity index (χ4n) is 3.52. The first-order chi connectivity index (χ1) is 10.5. The monoisotopic (exact) mass is 448 g/mol. The van der Waals surface area contributed by atoms with Crippen LogP contribution in [0.5, 0.6) is 0 Å². The van der Waals surface area contributed by atoms with Crippen LogP contribution in [0.15, 0.2) is 22.3 Å². The normalized spacial score (nSPS) is 37.7. The molecule has 23 heavy (non-hydrogen) atoms. The highest BCUT2D eigenvalue weighted by atomic mass is 127. The number of allylic oxidation sites excluding steroid dienone is 1. The van der Waals surface area contributed by atoms with Crippen molar-refractivity contribution in [3.63, 3.8) is 0 Å². The molecule has 0 N–H and O–H groups in total. The van der Waals surface area contributed by atoms with Crippen LogP contribution in [0, 0.1) is 11.8 Å². The molecule has 5 atom stereocenters. The average molecular weight is 448 g/mol. The van der Waals surface area contributed by atoms with E-state index < -0.39 is 8.32 Å². The number of halogens is 1. The molecule has 0 saturated carbocycles. The van der Waals surface area contributed by atoms with Crippen molar-refractivity contribution in [1.82, 2.24) is 0 Å². The van der Waals surface area contributed by atoms with Gasteiger partial charge in [0, 0.05) is 11.8 Å². The summed E-state index contributed by atoms with van der Waals surface area (Å²) in [6, 6.07) is 0. The van der Waals surface area contributed by atoms with Crippen LogP contribution in [0.25, 0.3) is 0 Å². The van der Waals surface area contributed by atoms with Gasteiger partial charge in [0.05, 0.1) is 17.8 Å². The molecule has 2 aliphatic heterocycles. The zero-order valence-electron chi connectivity index (χ0n) is 15.7. The van der Waals surface area contributed by atoms with Crippen molar-refractivity contribution < 1.29 is 9.16 Å². The van der Waals surface area contributed by atoms with Crippen LogP contribution >= 0.6 is 22.6 Å². The molecule has 0 aromatic rings. The highest BCUT2D eigenvalue weighted by Crippen LogP contribution is 2.49. The summed E-state index contributed by atoms with van der Waals surface area (Å²) in [5.74, 6) is 0.815. The minimum Gasteiger partial charge on any atom is -0.413 e. The summed E-state index contributed by atoms with van der Waals surface area (Å²) in [6.45, 7) is 16.3. The fourth-order valence-corrected chi connectivity index (χ4v) is 5.33. The van der Waals surface area contributed by atoms with Crippen molar-refractivity contribution in [1.29, 1.82) is 0 Å². The maximum Gasteiger partial charge on any atom is 0.192 e. The Bertz CT molecular complexity index is 480. The molecule has 2 aliphatic rings. The minimum absolute atomic E-state index is 0.139. The number of hydrogen-bond acceptors (Lipinski definition) is 2. The predicted octanol–water partition coefficient (Wildman–Crippen LogP) is 6.09. The highest BCUT2D eigenvalue weighted by Gasteiger charge is 2.54. The molecule has 0 radical (unpaired) electrons. The van der Waals surface area contributed by atoms with E-state index in [2.05, 4.69) is 92.6 Å². The summed E-state index contributed by atoms with van der Waals surface area (Å²) < 4.78 is 15.5. The number of hydrogen-bond donors (Lipinski definition) is 0. The molecule has 1 saturated heterocycles. The van der Waals surface area contributed by atoms with Gasteiger partial charge in [-0.3, -0.25) is 0 Å². The molecule has 1 fully saturated rings. The Balaban J connectivity index is 2.21. The third-order valence-corrected chi connectivity index (χ3v) is 11.2. The number of fused-ring (bicyclic) bond motifs is 2. The second-order valence-corrected chi connectivity index (χ2v) is 14.3. The lowest BCUT2D eigenvalue weighted by Gasteiger charge is -2.51. The lowest BCUT2D eigenvalue weighted by molar-refractivity contribution is -0.169. The van der Waals surface area contributed by atoms with E-state index in [0.29, 0.717) is 11.8 Å². The first-order valence-corrected chi connectivity index (χ1v) is 13.0. The highest BCUT2D eigenvalue weighted by molar-refractivity contribution is 14.1. The maximum atomic E-state index is 6.88. The quantitative estimate of drug-likeness (QED) is 0.288. The SMILES string of the molecule is C[C@@H]1[C@H](O[Si](C)(C)C(C)(C)C)[C@H](C)[C@]2(CC/C=C\I)C=C[C@H]1O2. The number of ether oxygens (including phenoxy) is 1. The summed E-state index contributed by atoms with van der Waals surface area (Å²) in [5.41, 5.74) is -0.139. The molecule has 0 amide bonds. The third-order valence-electron chi connectivity index (χ3n) is 6.25. The van der Waals surface area contributed by atoms with Crippen LogP contribution in [-0.2, 0) is 9.16 Å². The fraction of sp³-hybridized carbons (Fsp3) is 0.789. The van der Waals surface area contributed by atoms with Gasteiger partial charge in [-0.2, -0.15) is 0 Å². The van der Waals surface area contributed by atoms with Crippen LogP contribution in [-0.4, -0.2) is 26.1 Å². The molecule has 4 heteroatoms. The first-order valence-electron chi connectivity index (χ1n) is 8.84. The molecule has 0 unspecified atom stereocenters. The van der Waals surface area contributed by atoms with Crippen molar-refractivity contribution in [2.45, 2.75) is 83.4 Å². The summed E-state index contributed by atoms with van der Waals surface area (Å²) in [5, 5.41) is 0.244. The second kappa shape index (κ2) is 6.93. The van der Waals surface area contributed by atoms with Crippen molar-refractivity contribution in [3.05, 3.63) is 22.3 Å². The van der Waals surface area contributed by atoms with E-state index in [-0.39, 0.29) is 22.8 Å². The topological polar surface area (TPSA) is 18.5 Å². The van der Waals surface area contributed by atoms with E-state index in [0.717, 1.165) is 12.8 Å². The largest absolute Gasteiger partial charge is 0.413 e. The van der Waals surface area contributed by atoms with Gasteiger partial charge in [0.2, 0.25) is 0 Å². The Morgan fingerprint density at radius 3 is 2.52 bits per heavy atom. The molecule has 2 heterocycles. The Kier molecular flexibility index (Phi) is 5.92. The minimum atomic E-state index is -1.78. The Morgan fingerprint density at radius 1 is 1.30 bits per heavy atom. The molecule has 0 aromatic heterocycles. The molecule has 0 spiro atoms. The Labute approximate surface area is 157 Å². The second-order valence-electron chi connectivity index (χ2n) is 8.79. The summed E-state index contributed by atoms with van der Waals surface area (Å²) in [4.78, 5) is 0. The Morgan fingerprint density at radius 2 is 1.96 bits per heavy atom. The molecule has 2 bridgehead atoms. The van der Waals surface area contributed by atoms with E-state index in [1.165, 1.54) is 0 Å². The molecular weight excluding hydrogens is 415 g/mol. The standard InChI is InChI=1S/C19H33IO2Si/c1-14-16-10-12-19(21-16,11-8-9-13-20)15(2)17(14)22-23(6,7)18(3,4)5/h9-10,12-17H,8,11H2,1-7H3/b13-9-/t14-,15-,16+,17-,19-/m0/s1. The van der Waals surface area contributed by atoms with Crippen LogP contribution < -0.4 is 0 Å². The van der Waals surface area contributed by atoms with Crippen LogP contribution in [0.3, 0.4) is 0 Å². The maximum absolute atomic E-state index is 6.88. The predicted molar refractivity (Wildman–Crippen MR) is 110 cm³/mol. The van der Waals surface area contributed by atoms with Gasteiger partial charge < -0.3 is 9.16 Å². The van der Waals surface area contributed by atoms with Crippen LogP contribution in [0.1, 0.15) is 47.5 Å².